The first-order valence-corrected chi connectivity index (χ1v) is 12.0. The van der Waals surface area contributed by atoms with E-state index in [1.54, 1.807) is 40.6 Å². The van der Waals surface area contributed by atoms with Crippen LogP contribution in [0.1, 0.15) is 13.8 Å². The number of carbonyl (C=O) groups is 1. The van der Waals surface area contributed by atoms with Crippen molar-refractivity contribution in [3.63, 3.8) is 0 Å². The monoisotopic (exact) mass is 420 g/mol. The molecule has 0 fully saturated rings. The van der Waals surface area contributed by atoms with Gasteiger partial charge < -0.3 is 4.90 Å². The number of para-hydroxylation sites is 1. The molecule has 1 amide bonds. The molecule has 0 spiro atoms. The summed E-state index contributed by atoms with van der Waals surface area (Å²) in [7, 11) is -3.72. The Morgan fingerprint density at radius 1 is 1.11 bits per heavy atom. The molecule has 27 heavy (non-hydrogen) atoms. The van der Waals surface area contributed by atoms with E-state index in [1.807, 2.05) is 37.3 Å². The van der Waals surface area contributed by atoms with Crippen LogP contribution in [0.25, 0.3) is 0 Å². The van der Waals surface area contributed by atoms with Gasteiger partial charge in [0.2, 0.25) is 5.91 Å². The number of nitrogens with zero attached hydrogens (tertiary/aromatic N) is 2. The first-order chi connectivity index (χ1) is 12.9. The van der Waals surface area contributed by atoms with Gasteiger partial charge in [0, 0.05) is 40.8 Å². The topological polar surface area (TPSA) is 57.7 Å². The summed E-state index contributed by atoms with van der Waals surface area (Å²) in [5.41, 5.74) is 1.41. The van der Waals surface area contributed by atoms with Gasteiger partial charge in [-0.2, -0.15) is 0 Å². The van der Waals surface area contributed by atoms with Crippen LogP contribution in [0, 0.1) is 0 Å². The van der Waals surface area contributed by atoms with E-state index in [1.165, 1.54) is 11.2 Å². The fourth-order valence-corrected chi connectivity index (χ4v) is 7.22. The number of thioether (sulfide) groups is 2. The maximum absolute atomic E-state index is 13.5. The number of anilines is 2. The third-order valence-corrected chi connectivity index (χ3v) is 8.62. The predicted molar refractivity (Wildman–Crippen MR) is 111 cm³/mol. The molecule has 0 N–H and O–H groups in total. The maximum atomic E-state index is 13.5. The molecule has 8 heteroatoms. The minimum Gasteiger partial charge on any atom is -0.311 e. The molecule has 0 bridgehead atoms. The highest BCUT2D eigenvalue weighted by Crippen LogP contribution is 2.42. The molecule has 2 aliphatic heterocycles. The lowest BCUT2D eigenvalue weighted by atomic mass is 10.2. The van der Waals surface area contributed by atoms with Crippen LogP contribution in [0.5, 0.6) is 0 Å². The van der Waals surface area contributed by atoms with E-state index in [0.717, 1.165) is 21.2 Å². The van der Waals surface area contributed by atoms with Gasteiger partial charge in [-0.15, -0.1) is 23.5 Å². The molecule has 2 aliphatic rings. The van der Waals surface area contributed by atoms with E-state index in [-0.39, 0.29) is 16.1 Å². The molecule has 0 saturated heterocycles. The zero-order chi connectivity index (χ0) is 19.2. The van der Waals surface area contributed by atoms with E-state index in [9.17, 15) is 13.2 Å². The highest BCUT2D eigenvalue weighted by atomic mass is 32.2. The van der Waals surface area contributed by atoms with Gasteiger partial charge in [-0.3, -0.25) is 9.10 Å². The lowest BCUT2D eigenvalue weighted by molar-refractivity contribution is -0.116. The number of rotatable bonds is 2. The van der Waals surface area contributed by atoms with Crippen LogP contribution in [0.15, 0.2) is 57.2 Å². The molecule has 1 atom stereocenters. The van der Waals surface area contributed by atoms with Gasteiger partial charge >= 0.3 is 0 Å². The minimum absolute atomic E-state index is 0.0700. The van der Waals surface area contributed by atoms with Crippen molar-refractivity contribution in [1.82, 2.24) is 0 Å². The Morgan fingerprint density at radius 2 is 1.89 bits per heavy atom. The zero-order valence-electron chi connectivity index (χ0n) is 15.1. The Kier molecular flexibility index (Phi) is 4.90. The average Bonchev–Trinajstić information content (AvgIpc) is 2.66. The van der Waals surface area contributed by atoms with Crippen molar-refractivity contribution in [3.05, 3.63) is 42.5 Å². The Hall–Kier alpha value is -1.64. The molecule has 0 aromatic heterocycles. The van der Waals surface area contributed by atoms with Crippen molar-refractivity contribution in [1.29, 1.82) is 0 Å². The predicted octanol–water partition coefficient (Wildman–Crippen LogP) is 3.83. The van der Waals surface area contributed by atoms with Crippen LogP contribution in [-0.2, 0) is 14.8 Å². The van der Waals surface area contributed by atoms with Gasteiger partial charge in [0.05, 0.1) is 16.3 Å². The fourth-order valence-electron chi connectivity index (χ4n) is 3.39. The van der Waals surface area contributed by atoms with E-state index in [0.29, 0.717) is 18.8 Å². The van der Waals surface area contributed by atoms with Gasteiger partial charge in [-0.05, 0) is 30.3 Å². The van der Waals surface area contributed by atoms with Crippen molar-refractivity contribution >= 4 is 50.8 Å². The number of fused-ring (bicyclic) bond motifs is 2. The molecule has 4 rings (SSSR count). The highest BCUT2D eigenvalue weighted by molar-refractivity contribution is 8.00. The van der Waals surface area contributed by atoms with Crippen molar-refractivity contribution in [3.8, 4) is 0 Å². The lowest BCUT2D eigenvalue weighted by Crippen LogP contribution is -2.39. The van der Waals surface area contributed by atoms with Gasteiger partial charge in [0.15, 0.2) is 0 Å². The summed E-state index contributed by atoms with van der Waals surface area (Å²) in [4.78, 5) is 15.8. The summed E-state index contributed by atoms with van der Waals surface area (Å²) >= 11 is 3.34. The molecule has 0 radical (unpaired) electrons. The Bertz CT molecular complexity index is 1010. The standard InChI is InChI=1S/C19H20N2O3S3/c1-13-12-21(16-5-3-4-6-19(16)26-13)27(23,24)15-7-8-18-17(11-15)20(14(2)22)9-10-25-18/h3-8,11,13H,9-10,12H2,1-2H3/t13-/m0/s1. The number of hydrogen-bond acceptors (Lipinski definition) is 5. The number of sulfonamides is 1. The molecule has 2 aromatic carbocycles. The second-order valence-electron chi connectivity index (χ2n) is 6.58. The largest absolute Gasteiger partial charge is 0.311 e. The SMILES string of the molecule is CC(=O)N1CCSc2ccc(S(=O)(=O)N3C[C@H](C)Sc4ccccc43)cc21. The van der Waals surface area contributed by atoms with Crippen molar-refractivity contribution in [2.24, 2.45) is 0 Å². The fraction of sp³-hybridized carbons (Fsp3) is 0.316. The number of benzene rings is 2. The van der Waals surface area contributed by atoms with Crippen LogP contribution < -0.4 is 9.21 Å². The third-order valence-electron chi connectivity index (χ3n) is 4.65. The van der Waals surface area contributed by atoms with E-state index >= 15 is 0 Å². The number of hydrogen-bond donors (Lipinski definition) is 0. The van der Waals surface area contributed by atoms with E-state index in [4.69, 9.17) is 0 Å². The summed E-state index contributed by atoms with van der Waals surface area (Å²) in [6.45, 7) is 4.56. The smallest absolute Gasteiger partial charge is 0.264 e. The Labute approximate surface area is 168 Å². The van der Waals surface area contributed by atoms with Crippen LogP contribution in [0.4, 0.5) is 11.4 Å². The second-order valence-corrected chi connectivity index (χ2v) is 11.1. The van der Waals surface area contributed by atoms with Crippen LogP contribution >= 0.6 is 23.5 Å². The van der Waals surface area contributed by atoms with Crippen LogP contribution in [0.3, 0.4) is 0 Å². The van der Waals surface area contributed by atoms with Crippen molar-refractivity contribution in [2.75, 3.05) is 28.0 Å². The zero-order valence-corrected chi connectivity index (χ0v) is 17.5. The molecule has 2 aromatic rings. The first kappa shape index (κ1) is 18.7. The molecule has 0 unspecified atom stereocenters. The number of carbonyl (C=O) groups excluding carboxylic acids is 1. The Balaban J connectivity index is 1.80. The summed E-state index contributed by atoms with van der Waals surface area (Å²) in [5, 5.41) is 0.163. The average molecular weight is 421 g/mol. The first-order valence-electron chi connectivity index (χ1n) is 8.71. The maximum Gasteiger partial charge on any atom is 0.264 e. The molecule has 142 valence electrons. The van der Waals surface area contributed by atoms with Crippen molar-refractivity contribution < 1.29 is 13.2 Å². The molecular weight excluding hydrogens is 400 g/mol. The van der Waals surface area contributed by atoms with Crippen LogP contribution in [0.2, 0.25) is 0 Å². The molecule has 0 aliphatic carbocycles. The van der Waals surface area contributed by atoms with Crippen LogP contribution in [-0.4, -0.2) is 38.4 Å². The molecular formula is C19H20N2O3S3. The summed E-state index contributed by atoms with van der Waals surface area (Å²) in [5.74, 6) is 0.742. The molecule has 2 heterocycles. The summed E-state index contributed by atoms with van der Waals surface area (Å²) in [6, 6.07) is 12.7. The summed E-state index contributed by atoms with van der Waals surface area (Å²) < 4.78 is 28.4. The van der Waals surface area contributed by atoms with Gasteiger partial charge in [0.1, 0.15) is 0 Å². The Morgan fingerprint density at radius 3 is 2.67 bits per heavy atom. The molecule has 5 nitrogen and oxygen atoms in total. The van der Waals surface area contributed by atoms with E-state index in [2.05, 4.69) is 0 Å². The third kappa shape index (κ3) is 3.34. The van der Waals surface area contributed by atoms with Crippen molar-refractivity contribution in [2.45, 2.75) is 33.8 Å². The van der Waals surface area contributed by atoms with E-state index < -0.39 is 10.0 Å². The second kappa shape index (κ2) is 7.07. The quantitative estimate of drug-likeness (QED) is 0.739. The molecule has 0 saturated carbocycles. The number of amides is 1. The normalized spacial score (nSPS) is 19.4. The van der Waals surface area contributed by atoms with Gasteiger partial charge in [-0.1, -0.05) is 19.1 Å². The minimum atomic E-state index is -3.72. The summed E-state index contributed by atoms with van der Waals surface area (Å²) in [6.07, 6.45) is 0. The lowest BCUT2D eigenvalue weighted by Gasteiger charge is -2.34. The van der Waals surface area contributed by atoms with Gasteiger partial charge in [-0.25, -0.2) is 8.42 Å². The van der Waals surface area contributed by atoms with Gasteiger partial charge in [0.25, 0.3) is 10.0 Å². The highest BCUT2D eigenvalue weighted by Gasteiger charge is 2.33.